The highest BCUT2D eigenvalue weighted by atomic mass is 32.1. The van der Waals surface area contributed by atoms with Gasteiger partial charge in [0, 0.05) is 10.3 Å². The highest BCUT2D eigenvalue weighted by molar-refractivity contribution is 7.10. The number of carboxylic acids is 1. The lowest BCUT2D eigenvalue weighted by Crippen LogP contribution is -2.50. The molecule has 1 aromatic heterocycles. The summed E-state index contributed by atoms with van der Waals surface area (Å²) in [5.74, 6) is -3.57. The van der Waals surface area contributed by atoms with Crippen molar-refractivity contribution in [3.63, 3.8) is 0 Å². The van der Waals surface area contributed by atoms with Crippen molar-refractivity contribution in [1.29, 1.82) is 0 Å². The Labute approximate surface area is 137 Å². The van der Waals surface area contributed by atoms with Crippen LogP contribution in [0.25, 0.3) is 0 Å². The van der Waals surface area contributed by atoms with Gasteiger partial charge in [0.05, 0.1) is 29.6 Å². The molecule has 1 aromatic rings. The van der Waals surface area contributed by atoms with E-state index >= 15 is 0 Å². The lowest BCUT2D eigenvalue weighted by molar-refractivity contribution is -0.148. The number of carbonyl (C=O) groups excluding carboxylic acids is 2. The van der Waals surface area contributed by atoms with Crippen molar-refractivity contribution >= 4 is 29.1 Å². The number of carbonyl (C=O) groups is 3. The molecule has 4 atom stereocenters. The van der Waals surface area contributed by atoms with E-state index in [-0.39, 0.29) is 6.10 Å². The van der Waals surface area contributed by atoms with Gasteiger partial charge in [-0.25, -0.2) is 0 Å². The van der Waals surface area contributed by atoms with Gasteiger partial charge in [-0.15, -0.1) is 11.3 Å². The van der Waals surface area contributed by atoms with E-state index in [1.54, 1.807) is 5.38 Å². The molecule has 0 spiro atoms. The van der Waals surface area contributed by atoms with Crippen LogP contribution >= 0.6 is 11.3 Å². The number of hydrogen-bond donors (Lipinski definition) is 3. The summed E-state index contributed by atoms with van der Waals surface area (Å²) in [6.45, 7) is 3.76. The highest BCUT2D eigenvalue weighted by Crippen LogP contribution is 2.43. The fourth-order valence-electron chi connectivity index (χ4n) is 3.33. The number of nitrogens with one attached hydrogen (secondary N) is 2. The number of aliphatic carboxylic acids is 1. The molecule has 0 saturated carbocycles. The first-order valence-electron chi connectivity index (χ1n) is 7.43. The average Bonchev–Trinajstić information content (AvgIpc) is 3.20. The van der Waals surface area contributed by atoms with E-state index in [4.69, 9.17) is 4.74 Å². The smallest absolute Gasteiger partial charge is 0.310 e. The summed E-state index contributed by atoms with van der Waals surface area (Å²) in [5, 5.41) is 11.0. The Morgan fingerprint density at radius 3 is 2.39 bits per heavy atom. The van der Waals surface area contributed by atoms with E-state index in [1.165, 1.54) is 11.3 Å². The summed E-state index contributed by atoms with van der Waals surface area (Å²) in [5.41, 5.74) is 6.10. The third-order valence-electron chi connectivity index (χ3n) is 4.69. The number of rotatable bonds is 3. The van der Waals surface area contributed by atoms with Crippen LogP contribution in [0.5, 0.6) is 0 Å². The fourth-order valence-corrected chi connectivity index (χ4v) is 4.20. The number of thiophene rings is 1. The van der Waals surface area contributed by atoms with Gasteiger partial charge in [0.15, 0.2) is 0 Å². The van der Waals surface area contributed by atoms with E-state index in [1.807, 2.05) is 13.8 Å². The van der Waals surface area contributed by atoms with Crippen LogP contribution in [0.15, 0.2) is 5.38 Å². The molecule has 2 aliphatic rings. The average molecular weight is 338 g/mol. The highest BCUT2D eigenvalue weighted by Gasteiger charge is 2.55. The van der Waals surface area contributed by atoms with Crippen molar-refractivity contribution in [3.8, 4) is 0 Å². The molecule has 3 rings (SSSR count). The molecule has 3 heterocycles. The minimum absolute atomic E-state index is 0.386. The molecule has 7 nitrogen and oxygen atoms in total. The predicted molar refractivity (Wildman–Crippen MR) is 81.9 cm³/mol. The van der Waals surface area contributed by atoms with E-state index in [2.05, 4.69) is 10.9 Å². The molecule has 0 aromatic carbocycles. The van der Waals surface area contributed by atoms with Crippen LogP contribution in [-0.4, -0.2) is 35.1 Å². The van der Waals surface area contributed by atoms with E-state index in [0.29, 0.717) is 18.4 Å². The van der Waals surface area contributed by atoms with Crippen LogP contribution in [0.1, 0.15) is 33.6 Å². The zero-order valence-electron chi connectivity index (χ0n) is 12.8. The fraction of sp³-hybridized carbons (Fsp3) is 0.533. The first-order chi connectivity index (χ1) is 10.9. The largest absolute Gasteiger partial charge is 0.481 e. The third kappa shape index (κ3) is 2.72. The van der Waals surface area contributed by atoms with Crippen molar-refractivity contribution in [1.82, 2.24) is 10.9 Å². The van der Waals surface area contributed by atoms with Gasteiger partial charge in [0.2, 0.25) is 5.91 Å². The van der Waals surface area contributed by atoms with Crippen LogP contribution in [0, 0.1) is 25.7 Å². The zero-order chi connectivity index (χ0) is 16.7. The monoisotopic (exact) mass is 338 g/mol. The van der Waals surface area contributed by atoms with Gasteiger partial charge in [-0.1, -0.05) is 0 Å². The zero-order valence-corrected chi connectivity index (χ0v) is 13.6. The summed E-state index contributed by atoms with van der Waals surface area (Å²) in [4.78, 5) is 36.8. The minimum Gasteiger partial charge on any atom is -0.481 e. The molecule has 124 valence electrons. The van der Waals surface area contributed by atoms with Gasteiger partial charge in [-0.3, -0.25) is 25.2 Å². The molecule has 2 fully saturated rings. The normalized spacial score (nSPS) is 28.6. The van der Waals surface area contributed by atoms with Gasteiger partial charge in [-0.05, 0) is 32.3 Å². The lowest BCUT2D eigenvalue weighted by Gasteiger charge is -2.23. The SMILES string of the molecule is Cc1scc(C(=O)NNC(=O)[C@@H]2[C@@H](C(=O)O)[C@H]3CC[C@H]2O3)c1C. The number of carboxylic acid groups (broad SMARTS) is 1. The van der Waals surface area contributed by atoms with Crippen molar-refractivity contribution in [3.05, 3.63) is 21.4 Å². The van der Waals surface area contributed by atoms with Crippen LogP contribution in [0.2, 0.25) is 0 Å². The number of aryl methyl sites for hydroxylation is 1. The second-order valence-electron chi connectivity index (χ2n) is 5.95. The first-order valence-corrected chi connectivity index (χ1v) is 8.31. The van der Waals surface area contributed by atoms with E-state index in [9.17, 15) is 19.5 Å². The maximum absolute atomic E-state index is 12.3. The summed E-state index contributed by atoms with van der Waals surface area (Å²) in [6, 6.07) is 0. The predicted octanol–water partition coefficient (Wildman–Crippen LogP) is 1.00. The van der Waals surface area contributed by atoms with Crippen molar-refractivity contribution in [2.75, 3.05) is 0 Å². The molecule has 0 radical (unpaired) electrons. The van der Waals surface area contributed by atoms with Gasteiger partial charge >= 0.3 is 5.97 Å². The topological polar surface area (TPSA) is 105 Å². The molecule has 8 heteroatoms. The maximum atomic E-state index is 12.3. The number of hydrazine groups is 1. The summed E-state index contributed by atoms with van der Waals surface area (Å²) >= 11 is 1.46. The Morgan fingerprint density at radius 1 is 1.17 bits per heavy atom. The molecule has 2 saturated heterocycles. The Balaban J connectivity index is 1.64. The van der Waals surface area contributed by atoms with Crippen molar-refractivity contribution in [2.24, 2.45) is 11.8 Å². The minimum atomic E-state index is -1.03. The molecule has 2 aliphatic heterocycles. The van der Waals surface area contributed by atoms with Crippen molar-refractivity contribution in [2.45, 2.75) is 38.9 Å². The first kappa shape index (κ1) is 15.9. The molecule has 0 aliphatic carbocycles. The maximum Gasteiger partial charge on any atom is 0.310 e. The molecular weight excluding hydrogens is 320 g/mol. The van der Waals surface area contributed by atoms with Gasteiger partial charge in [-0.2, -0.15) is 0 Å². The summed E-state index contributed by atoms with van der Waals surface area (Å²) in [7, 11) is 0. The van der Waals surface area contributed by atoms with E-state index < -0.39 is 35.7 Å². The molecule has 0 unspecified atom stereocenters. The number of ether oxygens (including phenoxy) is 1. The molecule has 2 bridgehead atoms. The third-order valence-corrected chi connectivity index (χ3v) is 5.70. The van der Waals surface area contributed by atoms with Gasteiger partial charge in [0.1, 0.15) is 0 Å². The van der Waals surface area contributed by atoms with E-state index in [0.717, 1.165) is 10.4 Å². The standard InChI is InChI=1S/C15H18N2O5S/c1-6-7(2)23-5-8(6)13(18)16-17-14(19)11-9-3-4-10(22-9)12(11)15(20)21/h5,9-12H,3-4H2,1-2H3,(H,16,18)(H,17,19)(H,20,21)/t9-,10-,11+,12+/m1/s1. The van der Waals surface area contributed by atoms with Crippen LogP contribution < -0.4 is 10.9 Å². The Kier molecular flexibility index (Phi) is 4.11. The second kappa shape index (κ2) is 5.93. The number of fused-ring (bicyclic) bond motifs is 2. The number of amides is 2. The molecular formula is C15H18N2O5S. The molecule has 3 N–H and O–H groups in total. The van der Waals surface area contributed by atoms with Gasteiger partial charge in [0.25, 0.3) is 5.91 Å². The Bertz CT molecular complexity index is 671. The second-order valence-corrected chi connectivity index (χ2v) is 7.04. The molecule has 2 amide bonds. The Hall–Kier alpha value is -1.93. The van der Waals surface area contributed by atoms with Crippen molar-refractivity contribution < 1.29 is 24.2 Å². The molecule has 23 heavy (non-hydrogen) atoms. The quantitative estimate of drug-likeness (QED) is 0.713. The summed E-state index contributed by atoms with van der Waals surface area (Å²) < 4.78 is 5.54. The lowest BCUT2D eigenvalue weighted by atomic mass is 9.79. The van der Waals surface area contributed by atoms with Crippen LogP contribution in [0.3, 0.4) is 0 Å². The number of hydrogen-bond acceptors (Lipinski definition) is 5. The van der Waals surface area contributed by atoms with Crippen LogP contribution in [0.4, 0.5) is 0 Å². The summed E-state index contributed by atoms with van der Waals surface area (Å²) in [6.07, 6.45) is 0.530. The van der Waals surface area contributed by atoms with Crippen LogP contribution in [-0.2, 0) is 14.3 Å². The van der Waals surface area contributed by atoms with Gasteiger partial charge < -0.3 is 9.84 Å². The Morgan fingerprint density at radius 2 is 1.83 bits per heavy atom.